The van der Waals surface area contributed by atoms with Crippen molar-refractivity contribution in [1.82, 2.24) is 19.6 Å². The Kier molecular flexibility index (Phi) is 3.18. The summed E-state index contributed by atoms with van der Waals surface area (Å²) in [5.41, 5.74) is 1.53. The van der Waals surface area contributed by atoms with Gasteiger partial charge >= 0.3 is 0 Å². The van der Waals surface area contributed by atoms with Gasteiger partial charge in [-0.1, -0.05) is 6.92 Å². The fraction of sp³-hybridized carbons (Fsp3) is 0.154. The van der Waals surface area contributed by atoms with Crippen LogP contribution in [-0.2, 0) is 6.42 Å². The lowest BCUT2D eigenvalue weighted by Crippen LogP contribution is -2.02. The summed E-state index contributed by atoms with van der Waals surface area (Å²) in [6, 6.07) is 1.56. The average Bonchev–Trinajstić information content (AvgIpc) is 2.81. The van der Waals surface area contributed by atoms with Gasteiger partial charge in [-0.15, -0.1) is 14.3 Å². The first-order valence-electron chi connectivity index (χ1n) is 6.04. The Morgan fingerprint density at radius 2 is 2.05 bits per heavy atom. The number of halogens is 2. The summed E-state index contributed by atoms with van der Waals surface area (Å²) in [6.07, 6.45) is 4.43. The van der Waals surface area contributed by atoms with Crippen LogP contribution in [0.5, 0.6) is 0 Å². The van der Waals surface area contributed by atoms with E-state index in [9.17, 15) is 8.78 Å². The zero-order chi connectivity index (χ0) is 14.3. The van der Waals surface area contributed by atoms with Crippen molar-refractivity contribution in [1.29, 1.82) is 0 Å². The van der Waals surface area contributed by atoms with Crippen LogP contribution < -0.4 is 5.30 Å². The van der Waals surface area contributed by atoms with Gasteiger partial charge in [0.05, 0.1) is 12.4 Å². The third-order valence-electron chi connectivity index (χ3n) is 3.05. The van der Waals surface area contributed by atoms with E-state index in [2.05, 4.69) is 24.3 Å². The molecule has 7 heteroatoms. The summed E-state index contributed by atoms with van der Waals surface area (Å²) in [5, 5.41) is 4.59. The van der Waals surface area contributed by atoms with Crippen LogP contribution in [0.1, 0.15) is 12.5 Å². The smallest absolute Gasteiger partial charge is 0.184 e. The van der Waals surface area contributed by atoms with Crippen LogP contribution in [0.2, 0.25) is 0 Å². The predicted molar refractivity (Wildman–Crippen MR) is 74.9 cm³/mol. The number of fused-ring (bicyclic) bond motifs is 1. The molecule has 0 aromatic carbocycles. The van der Waals surface area contributed by atoms with E-state index >= 15 is 0 Å². The monoisotopic (exact) mass is 292 g/mol. The van der Waals surface area contributed by atoms with E-state index in [0.29, 0.717) is 34.3 Å². The van der Waals surface area contributed by atoms with Gasteiger partial charge in [0.2, 0.25) is 0 Å². The maximum absolute atomic E-state index is 13.7. The number of rotatable bonds is 2. The fourth-order valence-electron chi connectivity index (χ4n) is 2.05. The minimum Gasteiger partial charge on any atom is -0.261 e. The number of aromatic nitrogens is 4. The Morgan fingerprint density at radius 3 is 2.80 bits per heavy atom. The second-order valence-corrected chi connectivity index (χ2v) is 4.94. The standard InChI is InChI=1S/C13H11F2N4P/c1-2-7-8(4-16-5-9(7)14)13-17-12-3-11(20)10(15)6-19(12)18-13/h3-6H,2,20H2,1H3. The molecule has 0 aliphatic carbocycles. The molecular weight excluding hydrogens is 281 g/mol. The highest BCUT2D eigenvalue weighted by Crippen LogP contribution is 2.23. The van der Waals surface area contributed by atoms with Crippen LogP contribution >= 0.6 is 9.24 Å². The fourth-order valence-corrected chi connectivity index (χ4v) is 2.27. The van der Waals surface area contributed by atoms with Gasteiger partial charge in [0.25, 0.3) is 0 Å². The lowest BCUT2D eigenvalue weighted by Gasteiger charge is -2.03. The van der Waals surface area contributed by atoms with Crippen molar-refractivity contribution in [3.05, 3.63) is 41.9 Å². The minimum atomic E-state index is -0.396. The minimum absolute atomic E-state index is 0.337. The molecule has 0 saturated carbocycles. The van der Waals surface area contributed by atoms with Crippen LogP contribution in [0, 0.1) is 11.6 Å². The predicted octanol–water partition coefficient (Wildman–Crippen LogP) is 2.13. The number of pyridine rings is 2. The highest BCUT2D eigenvalue weighted by Gasteiger charge is 2.14. The molecule has 20 heavy (non-hydrogen) atoms. The van der Waals surface area contributed by atoms with Crippen molar-refractivity contribution >= 4 is 20.2 Å². The summed E-state index contributed by atoms with van der Waals surface area (Å²) in [5.74, 6) is -0.447. The van der Waals surface area contributed by atoms with Gasteiger partial charge in [0, 0.05) is 22.6 Å². The Hall–Kier alpha value is -1.94. The number of nitrogens with zero attached hydrogens (tertiary/aromatic N) is 4. The molecule has 0 aliphatic heterocycles. The third-order valence-corrected chi connectivity index (χ3v) is 3.50. The third kappa shape index (κ3) is 2.06. The lowest BCUT2D eigenvalue weighted by atomic mass is 10.1. The molecule has 1 unspecified atom stereocenters. The molecule has 3 heterocycles. The zero-order valence-electron chi connectivity index (χ0n) is 10.6. The van der Waals surface area contributed by atoms with E-state index in [1.807, 2.05) is 6.92 Å². The van der Waals surface area contributed by atoms with E-state index in [-0.39, 0.29) is 5.82 Å². The Bertz CT molecular complexity index is 761. The first-order valence-corrected chi connectivity index (χ1v) is 6.62. The lowest BCUT2D eigenvalue weighted by molar-refractivity contribution is 0.606. The van der Waals surface area contributed by atoms with E-state index < -0.39 is 5.82 Å². The summed E-state index contributed by atoms with van der Waals surface area (Å²) < 4.78 is 28.6. The van der Waals surface area contributed by atoms with Gasteiger partial charge in [-0.2, -0.15) is 0 Å². The molecule has 0 fully saturated rings. The van der Waals surface area contributed by atoms with Crippen molar-refractivity contribution in [3.63, 3.8) is 0 Å². The SMILES string of the molecule is CCc1c(F)cncc1-c1nc2cc(P)c(F)cn2n1. The highest BCUT2D eigenvalue weighted by atomic mass is 31.0. The maximum atomic E-state index is 13.7. The van der Waals surface area contributed by atoms with Crippen LogP contribution in [0.15, 0.2) is 24.7 Å². The molecule has 0 amide bonds. The van der Waals surface area contributed by atoms with Gasteiger partial charge in [0.15, 0.2) is 11.5 Å². The first-order chi connectivity index (χ1) is 9.60. The number of hydrogen-bond acceptors (Lipinski definition) is 3. The average molecular weight is 292 g/mol. The van der Waals surface area contributed by atoms with Crippen LogP contribution in [0.25, 0.3) is 17.0 Å². The second-order valence-electron chi connectivity index (χ2n) is 4.32. The summed E-state index contributed by atoms with van der Waals surface area (Å²) >= 11 is 0. The van der Waals surface area contributed by atoms with E-state index in [1.165, 1.54) is 23.1 Å². The summed E-state index contributed by atoms with van der Waals surface area (Å²) in [6.45, 7) is 1.85. The second kappa shape index (κ2) is 4.87. The quantitative estimate of drug-likeness (QED) is 0.680. The van der Waals surface area contributed by atoms with Gasteiger partial charge < -0.3 is 0 Å². The van der Waals surface area contributed by atoms with E-state index in [1.54, 1.807) is 6.07 Å². The molecule has 3 aromatic heterocycles. The van der Waals surface area contributed by atoms with Crippen molar-refractivity contribution in [2.75, 3.05) is 0 Å². The van der Waals surface area contributed by atoms with Crippen molar-refractivity contribution in [2.45, 2.75) is 13.3 Å². The zero-order valence-corrected chi connectivity index (χ0v) is 11.8. The molecule has 1 atom stereocenters. The van der Waals surface area contributed by atoms with Gasteiger partial charge in [-0.25, -0.2) is 18.3 Å². The summed E-state index contributed by atoms with van der Waals surface area (Å²) in [4.78, 5) is 8.13. The molecule has 0 aliphatic rings. The molecule has 4 nitrogen and oxygen atoms in total. The van der Waals surface area contributed by atoms with Crippen LogP contribution in [-0.4, -0.2) is 19.6 Å². The molecule has 3 aromatic rings. The molecule has 0 bridgehead atoms. The molecule has 0 N–H and O–H groups in total. The highest BCUT2D eigenvalue weighted by molar-refractivity contribution is 7.27. The molecule has 102 valence electrons. The Labute approximate surface area is 116 Å². The maximum Gasteiger partial charge on any atom is 0.184 e. The van der Waals surface area contributed by atoms with E-state index in [4.69, 9.17) is 0 Å². The molecular formula is C13H11F2N4P. The Balaban J connectivity index is 2.23. The van der Waals surface area contributed by atoms with Crippen LogP contribution in [0.3, 0.4) is 0 Å². The molecule has 0 saturated heterocycles. The van der Waals surface area contributed by atoms with Gasteiger partial charge in [-0.05, 0) is 12.5 Å². The van der Waals surface area contributed by atoms with Gasteiger partial charge in [-0.3, -0.25) is 4.98 Å². The Morgan fingerprint density at radius 1 is 1.25 bits per heavy atom. The van der Waals surface area contributed by atoms with E-state index in [0.717, 1.165) is 0 Å². The van der Waals surface area contributed by atoms with Crippen molar-refractivity contribution < 1.29 is 8.78 Å². The van der Waals surface area contributed by atoms with Crippen molar-refractivity contribution in [2.24, 2.45) is 0 Å². The first kappa shape index (κ1) is 13.1. The molecule has 0 radical (unpaired) electrons. The van der Waals surface area contributed by atoms with Crippen LogP contribution in [0.4, 0.5) is 8.78 Å². The normalized spacial score (nSPS) is 11.2. The number of hydrogen-bond donors (Lipinski definition) is 0. The van der Waals surface area contributed by atoms with Gasteiger partial charge in [0.1, 0.15) is 11.6 Å². The summed E-state index contributed by atoms with van der Waals surface area (Å²) in [7, 11) is 2.30. The molecule has 3 rings (SSSR count). The van der Waals surface area contributed by atoms with Crippen molar-refractivity contribution in [3.8, 4) is 11.4 Å². The topological polar surface area (TPSA) is 43.1 Å². The largest absolute Gasteiger partial charge is 0.261 e. The molecule has 0 spiro atoms.